The average Bonchev–Trinajstić information content (AvgIpc) is 2.75. The molecule has 0 aliphatic heterocycles. The summed E-state index contributed by atoms with van der Waals surface area (Å²) in [6.07, 6.45) is 1.71. The highest BCUT2D eigenvalue weighted by Gasteiger charge is 2.04. The molecule has 2 heterocycles. The third-order valence-corrected chi connectivity index (χ3v) is 2.54. The van der Waals surface area contributed by atoms with E-state index in [4.69, 9.17) is 4.42 Å². The normalized spacial score (nSPS) is 10.1. The van der Waals surface area contributed by atoms with Crippen molar-refractivity contribution in [2.45, 2.75) is 0 Å². The molecular weight excluding hydrogens is 287 g/mol. The Labute approximate surface area is 87.3 Å². The van der Waals surface area contributed by atoms with Crippen molar-refractivity contribution in [3.8, 4) is 11.3 Å². The molecule has 2 rings (SSSR count). The number of hydrogen-bond acceptors (Lipinski definition) is 4. The van der Waals surface area contributed by atoms with Gasteiger partial charge in [-0.05, 0) is 11.4 Å². The largest absolute Gasteiger partial charge is 0.423 e. The number of aromatic nitrogens is 1. The number of oxazole rings is 1. The molecule has 0 bridgehead atoms. The zero-order chi connectivity index (χ0) is 8.39. The lowest BCUT2D eigenvalue weighted by Gasteiger charge is -1.87. The first-order valence-corrected chi connectivity index (χ1v) is 5.27. The van der Waals surface area contributed by atoms with E-state index in [-0.39, 0.29) is 0 Å². The molecule has 0 unspecified atom stereocenters. The van der Waals surface area contributed by atoms with Crippen molar-refractivity contribution in [2.24, 2.45) is 0 Å². The molecule has 3 nitrogen and oxygen atoms in total. The Balaban J connectivity index is 2.35. The van der Waals surface area contributed by atoms with Crippen LogP contribution in [0.15, 0.2) is 27.4 Å². The molecule has 0 aromatic carbocycles. The number of hydrogen-bond donors (Lipinski definition) is 1. The predicted molar refractivity (Wildman–Crippen MR) is 57.5 cm³/mol. The number of thiophene rings is 1. The summed E-state index contributed by atoms with van der Waals surface area (Å²) in [5, 5.41) is 4.03. The second-order valence-corrected chi connectivity index (χ2v) is 3.46. The van der Waals surface area contributed by atoms with Crippen LogP contribution in [0.5, 0.6) is 0 Å². The second kappa shape index (κ2) is 3.44. The van der Waals surface area contributed by atoms with E-state index in [1.807, 2.05) is 39.7 Å². The third kappa shape index (κ3) is 1.46. The molecule has 0 amide bonds. The van der Waals surface area contributed by atoms with E-state index >= 15 is 0 Å². The summed E-state index contributed by atoms with van der Waals surface area (Å²) >= 11 is 3.62. The lowest BCUT2D eigenvalue weighted by molar-refractivity contribution is 0.596. The van der Waals surface area contributed by atoms with E-state index in [0.717, 1.165) is 11.3 Å². The topological polar surface area (TPSA) is 38.1 Å². The summed E-state index contributed by atoms with van der Waals surface area (Å²) in [6.45, 7) is 0. The third-order valence-electron chi connectivity index (χ3n) is 1.39. The first-order chi connectivity index (χ1) is 5.90. The minimum absolute atomic E-state index is 0.539. The molecule has 0 spiro atoms. The Kier molecular flexibility index (Phi) is 2.31. The smallest absolute Gasteiger partial charge is 0.304 e. The van der Waals surface area contributed by atoms with Crippen LogP contribution in [0, 0.1) is 0 Å². The first kappa shape index (κ1) is 8.06. The minimum atomic E-state index is 0.539. The lowest BCUT2D eigenvalue weighted by Crippen LogP contribution is -1.73. The van der Waals surface area contributed by atoms with Gasteiger partial charge in [-0.2, -0.15) is 11.3 Å². The molecule has 12 heavy (non-hydrogen) atoms. The Morgan fingerprint density at radius 1 is 1.58 bits per heavy atom. The van der Waals surface area contributed by atoms with Gasteiger partial charge in [-0.25, -0.2) is 4.98 Å². The molecular formula is C7H5IN2OS. The Hall–Kier alpha value is -0.560. The molecule has 0 atom stereocenters. The van der Waals surface area contributed by atoms with Gasteiger partial charge in [0.15, 0.2) is 5.76 Å². The van der Waals surface area contributed by atoms with Crippen molar-refractivity contribution in [1.82, 2.24) is 4.98 Å². The van der Waals surface area contributed by atoms with Crippen LogP contribution in [-0.2, 0) is 0 Å². The quantitative estimate of drug-likeness (QED) is 0.682. The van der Waals surface area contributed by atoms with Crippen molar-refractivity contribution in [2.75, 3.05) is 3.53 Å². The molecule has 2 aromatic rings. The number of rotatable bonds is 2. The van der Waals surface area contributed by atoms with E-state index in [1.165, 1.54) is 0 Å². The standard InChI is InChI=1S/C7H5IN2OS/c8-10-7-9-3-6(11-7)5-1-2-12-4-5/h1-4H,(H,9,10). The molecule has 0 aliphatic rings. The maximum Gasteiger partial charge on any atom is 0.304 e. The molecule has 0 fully saturated rings. The van der Waals surface area contributed by atoms with Gasteiger partial charge in [-0.15, -0.1) is 0 Å². The molecule has 0 saturated carbocycles. The average molecular weight is 292 g/mol. The number of nitrogens with one attached hydrogen (secondary N) is 1. The Bertz CT molecular complexity index is 357. The summed E-state index contributed by atoms with van der Waals surface area (Å²) in [5.74, 6) is 0.801. The van der Waals surface area contributed by atoms with Crippen molar-refractivity contribution < 1.29 is 4.42 Å². The Morgan fingerprint density at radius 2 is 2.50 bits per heavy atom. The fourth-order valence-electron chi connectivity index (χ4n) is 0.856. The van der Waals surface area contributed by atoms with Gasteiger partial charge in [-0.3, -0.25) is 3.53 Å². The highest BCUT2D eigenvalue weighted by atomic mass is 127. The molecule has 1 N–H and O–H groups in total. The predicted octanol–water partition coefficient (Wildman–Crippen LogP) is 3.17. The maximum atomic E-state index is 5.35. The first-order valence-electron chi connectivity index (χ1n) is 3.25. The molecule has 0 radical (unpaired) electrons. The van der Waals surface area contributed by atoms with E-state index in [1.54, 1.807) is 17.5 Å². The van der Waals surface area contributed by atoms with Gasteiger partial charge >= 0.3 is 6.01 Å². The SMILES string of the molecule is INc1ncc(-c2ccsc2)o1. The summed E-state index contributed by atoms with van der Waals surface area (Å²) in [6, 6.07) is 2.54. The zero-order valence-electron chi connectivity index (χ0n) is 5.95. The highest BCUT2D eigenvalue weighted by molar-refractivity contribution is 14.1. The number of nitrogens with zero attached hydrogens (tertiary/aromatic N) is 1. The molecule has 0 saturated heterocycles. The minimum Gasteiger partial charge on any atom is -0.423 e. The van der Waals surface area contributed by atoms with Crippen LogP contribution in [-0.4, -0.2) is 4.98 Å². The van der Waals surface area contributed by atoms with E-state index in [9.17, 15) is 0 Å². The highest BCUT2D eigenvalue weighted by Crippen LogP contribution is 2.24. The van der Waals surface area contributed by atoms with Crippen molar-refractivity contribution in [3.05, 3.63) is 23.0 Å². The van der Waals surface area contributed by atoms with Crippen LogP contribution in [0.3, 0.4) is 0 Å². The van der Waals surface area contributed by atoms with Crippen molar-refractivity contribution in [1.29, 1.82) is 0 Å². The summed E-state index contributed by atoms with van der Waals surface area (Å²) < 4.78 is 8.16. The van der Waals surface area contributed by atoms with Crippen LogP contribution in [0.2, 0.25) is 0 Å². The van der Waals surface area contributed by atoms with Crippen LogP contribution in [0.4, 0.5) is 6.01 Å². The van der Waals surface area contributed by atoms with Gasteiger partial charge in [0.25, 0.3) is 0 Å². The van der Waals surface area contributed by atoms with Crippen LogP contribution in [0.25, 0.3) is 11.3 Å². The number of anilines is 1. The van der Waals surface area contributed by atoms with Gasteiger partial charge in [0.1, 0.15) is 0 Å². The fourth-order valence-corrected chi connectivity index (χ4v) is 1.75. The van der Waals surface area contributed by atoms with Crippen molar-refractivity contribution in [3.63, 3.8) is 0 Å². The lowest BCUT2D eigenvalue weighted by atomic mass is 10.3. The monoisotopic (exact) mass is 292 g/mol. The Morgan fingerprint density at radius 3 is 3.08 bits per heavy atom. The molecule has 0 aliphatic carbocycles. The van der Waals surface area contributed by atoms with Gasteiger partial charge in [-0.1, -0.05) is 0 Å². The number of halogens is 1. The summed E-state index contributed by atoms with van der Waals surface area (Å²) in [7, 11) is 0. The maximum absolute atomic E-state index is 5.35. The fraction of sp³-hybridized carbons (Fsp3) is 0. The van der Waals surface area contributed by atoms with E-state index in [2.05, 4.69) is 8.51 Å². The van der Waals surface area contributed by atoms with Gasteiger partial charge in [0, 0.05) is 10.9 Å². The summed E-state index contributed by atoms with van der Waals surface area (Å²) in [4.78, 5) is 4.01. The zero-order valence-corrected chi connectivity index (χ0v) is 8.93. The summed E-state index contributed by atoms with van der Waals surface area (Å²) in [5.41, 5.74) is 1.07. The van der Waals surface area contributed by atoms with Crippen molar-refractivity contribution >= 4 is 40.2 Å². The molecule has 5 heteroatoms. The molecule has 62 valence electrons. The van der Waals surface area contributed by atoms with Crippen LogP contribution < -0.4 is 3.53 Å². The van der Waals surface area contributed by atoms with E-state index in [0.29, 0.717) is 6.01 Å². The van der Waals surface area contributed by atoms with Gasteiger partial charge in [0.2, 0.25) is 0 Å². The van der Waals surface area contributed by atoms with E-state index < -0.39 is 0 Å². The van der Waals surface area contributed by atoms with Crippen LogP contribution in [0.1, 0.15) is 0 Å². The van der Waals surface area contributed by atoms with Gasteiger partial charge in [0.05, 0.1) is 29.1 Å². The molecule has 2 aromatic heterocycles. The van der Waals surface area contributed by atoms with Gasteiger partial charge < -0.3 is 4.42 Å². The second-order valence-electron chi connectivity index (χ2n) is 2.14. The van der Waals surface area contributed by atoms with Crippen LogP contribution >= 0.6 is 34.2 Å².